The van der Waals surface area contributed by atoms with Crippen LogP contribution in [-0.4, -0.2) is 63.3 Å². The van der Waals surface area contributed by atoms with Crippen LogP contribution in [0.2, 0.25) is 0 Å². The maximum absolute atomic E-state index is 5.05. The van der Waals surface area contributed by atoms with E-state index in [4.69, 9.17) is 4.74 Å². The van der Waals surface area contributed by atoms with Crippen molar-refractivity contribution in [2.24, 2.45) is 4.99 Å². The molecule has 2 N–H and O–H groups in total. The highest BCUT2D eigenvalue weighted by Crippen LogP contribution is 2.10. The minimum Gasteiger partial charge on any atom is -0.385 e. The minimum atomic E-state index is 0.764. The van der Waals surface area contributed by atoms with E-state index < -0.39 is 0 Å². The lowest BCUT2D eigenvalue weighted by atomic mass is 10.4. The molecule has 0 saturated heterocycles. The number of thiazole rings is 1. The van der Waals surface area contributed by atoms with Crippen LogP contribution in [-0.2, 0) is 11.3 Å². The fourth-order valence-electron chi connectivity index (χ4n) is 1.84. The van der Waals surface area contributed by atoms with Crippen molar-refractivity contribution < 1.29 is 4.74 Å². The molecule has 0 radical (unpaired) electrons. The largest absolute Gasteiger partial charge is 0.385 e. The fraction of sp³-hybridized carbons (Fsp3) is 0.714. The van der Waals surface area contributed by atoms with Crippen LogP contribution in [0.4, 0.5) is 0 Å². The van der Waals surface area contributed by atoms with Crippen molar-refractivity contribution in [1.82, 2.24) is 20.5 Å². The van der Waals surface area contributed by atoms with Gasteiger partial charge >= 0.3 is 0 Å². The van der Waals surface area contributed by atoms with Gasteiger partial charge in [-0.25, -0.2) is 4.98 Å². The van der Waals surface area contributed by atoms with Gasteiger partial charge in [0.05, 0.1) is 17.7 Å². The summed E-state index contributed by atoms with van der Waals surface area (Å²) in [6.07, 6.45) is 1.06. The first-order valence-corrected chi connectivity index (χ1v) is 8.06. The molecule has 0 spiro atoms. The summed E-state index contributed by atoms with van der Waals surface area (Å²) in [7, 11) is 5.65. The molecule has 0 aliphatic heterocycles. The molecular formula is C14H27N5OS. The molecule has 1 rings (SSSR count). The Morgan fingerprint density at radius 3 is 2.86 bits per heavy atom. The number of rotatable bonds is 9. The van der Waals surface area contributed by atoms with E-state index in [-0.39, 0.29) is 0 Å². The van der Waals surface area contributed by atoms with Crippen molar-refractivity contribution in [1.29, 1.82) is 0 Å². The molecule has 120 valence electrons. The highest BCUT2D eigenvalue weighted by atomic mass is 32.1. The van der Waals surface area contributed by atoms with Crippen molar-refractivity contribution in [3.05, 3.63) is 16.1 Å². The van der Waals surface area contributed by atoms with Crippen LogP contribution < -0.4 is 10.6 Å². The standard InChI is InChI=1S/C14H27N5OS/c1-12-13(21-11-18-12)10-17-14(15-2)16-6-8-19(3)7-5-9-20-4/h11H,5-10H2,1-4H3,(H2,15,16,17). The Labute approximate surface area is 131 Å². The molecule has 0 atom stereocenters. The number of hydrogen-bond acceptors (Lipinski definition) is 5. The number of guanidine groups is 1. The summed E-state index contributed by atoms with van der Waals surface area (Å²) in [5.74, 6) is 0.827. The van der Waals surface area contributed by atoms with E-state index in [0.717, 1.165) is 50.9 Å². The second kappa shape index (κ2) is 10.5. The fourth-order valence-corrected chi connectivity index (χ4v) is 2.55. The highest BCUT2D eigenvalue weighted by Gasteiger charge is 2.03. The molecule has 21 heavy (non-hydrogen) atoms. The van der Waals surface area contributed by atoms with Gasteiger partial charge in [0, 0.05) is 45.3 Å². The zero-order chi connectivity index (χ0) is 15.5. The summed E-state index contributed by atoms with van der Waals surface area (Å²) in [5, 5.41) is 6.63. The van der Waals surface area contributed by atoms with Crippen LogP contribution in [0.5, 0.6) is 0 Å². The number of nitrogens with zero attached hydrogens (tertiary/aromatic N) is 3. The molecule has 0 aliphatic rings. The third-order valence-corrected chi connectivity index (χ3v) is 4.09. The smallest absolute Gasteiger partial charge is 0.191 e. The minimum absolute atomic E-state index is 0.764. The molecule has 0 fully saturated rings. The Bertz CT molecular complexity index is 421. The first-order valence-electron chi connectivity index (χ1n) is 7.18. The Balaban J connectivity index is 2.18. The Morgan fingerprint density at radius 2 is 2.24 bits per heavy atom. The van der Waals surface area contributed by atoms with Crippen molar-refractivity contribution >= 4 is 17.3 Å². The van der Waals surface area contributed by atoms with E-state index in [0.29, 0.717) is 0 Å². The van der Waals surface area contributed by atoms with E-state index in [9.17, 15) is 0 Å². The predicted octanol–water partition coefficient (Wildman–Crippen LogP) is 1.08. The van der Waals surface area contributed by atoms with Crippen LogP contribution in [0, 0.1) is 6.92 Å². The Morgan fingerprint density at radius 1 is 1.43 bits per heavy atom. The molecule has 7 heteroatoms. The molecule has 0 aliphatic carbocycles. The van der Waals surface area contributed by atoms with Crippen molar-refractivity contribution in [3.63, 3.8) is 0 Å². The molecule has 6 nitrogen and oxygen atoms in total. The molecule has 0 amide bonds. The lowest BCUT2D eigenvalue weighted by Crippen LogP contribution is -2.40. The van der Waals surface area contributed by atoms with Crippen molar-refractivity contribution in [3.8, 4) is 0 Å². The zero-order valence-electron chi connectivity index (χ0n) is 13.5. The molecule has 0 aromatic carbocycles. The number of methoxy groups -OCH3 is 1. The van der Waals surface area contributed by atoms with Gasteiger partial charge in [-0.15, -0.1) is 11.3 Å². The Kier molecular flexibility index (Phi) is 8.96. The number of likely N-dealkylation sites (N-methyl/N-ethyl adjacent to an activating group) is 1. The second-order valence-corrected chi connectivity index (χ2v) is 5.80. The first kappa shape index (κ1) is 17.9. The SMILES string of the molecule is CN=C(NCCN(C)CCCOC)NCc1scnc1C. The lowest BCUT2D eigenvalue weighted by Gasteiger charge is -2.18. The van der Waals surface area contributed by atoms with E-state index in [1.165, 1.54) is 4.88 Å². The van der Waals surface area contributed by atoms with E-state index in [2.05, 4.69) is 32.6 Å². The summed E-state index contributed by atoms with van der Waals surface area (Å²) in [4.78, 5) is 12.0. The molecule has 1 aromatic heterocycles. The summed E-state index contributed by atoms with van der Waals surface area (Å²) in [5.41, 5.74) is 2.96. The third-order valence-electron chi connectivity index (χ3n) is 3.16. The number of hydrogen-bond donors (Lipinski definition) is 2. The summed E-state index contributed by atoms with van der Waals surface area (Å²) < 4.78 is 5.05. The van der Waals surface area contributed by atoms with Gasteiger partial charge in [-0.1, -0.05) is 0 Å². The maximum atomic E-state index is 5.05. The van der Waals surface area contributed by atoms with Gasteiger partial charge in [0.2, 0.25) is 0 Å². The zero-order valence-corrected chi connectivity index (χ0v) is 14.3. The van der Waals surface area contributed by atoms with Gasteiger partial charge in [-0.05, 0) is 20.4 Å². The van der Waals surface area contributed by atoms with Gasteiger partial charge < -0.3 is 20.3 Å². The van der Waals surface area contributed by atoms with Crippen molar-refractivity contribution in [2.75, 3.05) is 47.4 Å². The number of aliphatic imine (C=N–C) groups is 1. The number of nitrogens with one attached hydrogen (secondary N) is 2. The predicted molar refractivity (Wildman–Crippen MR) is 89.0 cm³/mol. The van der Waals surface area contributed by atoms with E-state index in [1.54, 1.807) is 25.5 Å². The summed E-state index contributed by atoms with van der Waals surface area (Å²) in [6.45, 7) is 6.49. The number of aromatic nitrogens is 1. The maximum Gasteiger partial charge on any atom is 0.191 e. The van der Waals surface area contributed by atoms with Crippen LogP contribution in [0.3, 0.4) is 0 Å². The molecular weight excluding hydrogens is 286 g/mol. The Hall–Kier alpha value is -1.18. The van der Waals surface area contributed by atoms with Gasteiger partial charge in [-0.2, -0.15) is 0 Å². The van der Waals surface area contributed by atoms with Crippen LogP contribution in [0.1, 0.15) is 17.0 Å². The molecule has 1 aromatic rings. The topological polar surface area (TPSA) is 61.8 Å². The van der Waals surface area contributed by atoms with Gasteiger partial charge in [-0.3, -0.25) is 4.99 Å². The summed E-state index contributed by atoms with van der Waals surface area (Å²) in [6, 6.07) is 0. The number of aryl methyl sites for hydroxylation is 1. The molecule has 1 heterocycles. The number of ether oxygens (including phenoxy) is 1. The first-order chi connectivity index (χ1) is 10.2. The second-order valence-electron chi connectivity index (χ2n) is 4.86. The average Bonchev–Trinajstić information content (AvgIpc) is 2.88. The lowest BCUT2D eigenvalue weighted by molar-refractivity contribution is 0.180. The van der Waals surface area contributed by atoms with Gasteiger partial charge in [0.1, 0.15) is 0 Å². The monoisotopic (exact) mass is 313 g/mol. The summed E-state index contributed by atoms with van der Waals surface area (Å²) >= 11 is 1.67. The van der Waals surface area contributed by atoms with Gasteiger partial charge in [0.15, 0.2) is 5.96 Å². The molecule has 0 saturated carbocycles. The van der Waals surface area contributed by atoms with Gasteiger partial charge in [0.25, 0.3) is 0 Å². The molecule has 0 bridgehead atoms. The van der Waals surface area contributed by atoms with Crippen LogP contribution >= 0.6 is 11.3 Å². The van der Waals surface area contributed by atoms with Crippen LogP contribution in [0.15, 0.2) is 10.5 Å². The van der Waals surface area contributed by atoms with Crippen LogP contribution in [0.25, 0.3) is 0 Å². The van der Waals surface area contributed by atoms with Crippen molar-refractivity contribution in [2.45, 2.75) is 19.9 Å². The molecule has 0 unspecified atom stereocenters. The highest BCUT2D eigenvalue weighted by molar-refractivity contribution is 7.09. The van der Waals surface area contributed by atoms with E-state index >= 15 is 0 Å². The average molecular weight is 313 g/mol. The quantitative estimate of drug-likeness (QED) is 0.406. The van der Waals surface area contributed by atoms with E-state index in [1.807, 2.05) is 12.4 Å². The normalized spacial score (nSPS) is 12.0. The third kappa shape index (κ3) is 7.40.